The molecule has 106 valence electrons. The Kier molecular flexibility index (Phi) is 5.83. The molecular formula is C16H26N2O. The van der Waals surface area contributed by atoms with Gasteiger partial charge in [-0.2, -0.15) is 0 Å². The summed E-state index contributed by atoms with van der Waals surface area (Å²) in [5.74, 6) is 0.710. The molecule has 1 aromatic carbocycles. The van der Waals surface area contributed by atoms with Crippen LogP contribution in [0.2, 0.25) is 0 Å². The van der Waals surface area contributed by atoms with Crippen molar-refractivity contribution in [3.8, 4) is 0 Å². The molecule has 3 nitrogen and oxygen atoms in total. The van der Waals surface area contributed by atoms with Gasteiger partial charge in [0.15, 0.2) is 0 Å². The smallest absolute Gasteiger partial charge is 0.0502 e. The Balaban J connectivity index is 1.85. The SMILES string of the molecule is CNCc1ccc(CN2CCCC(COC)C2)cc1. The fourth-order valence-electron chi connectivity index (χ4n) is 2.89. The summed E-state index contributed by atoms with van der Waals surface area (Å²) in [6.45, 7) is 5.31. The van der Waals surface area contributed by atoms with E-state index in [4.69, 9.17) is 4.74 Å². The molecule has 1 fully saturated rings. The largest absolute Gasteiger partial charge is 0.384 e. The Morgan fingerprint density at radius 1 is 1.26 bits per heavy atom. The van der Waals surface area contributed by atoms with Gasteiger partial charge >= 0.3 is 0 Å². The van der Waals surface area contributed by atoms with E-state index in [1.54, 1.807) is 7.11 Å². The van der Waals surface area contributed by atoms with Gasteiger partial charge in [-0.1, -0.05) is 24.3 Å². The van der Waals surface area contributed by atoms with E-state index in [2.05, 4.69) is 34.5 Å². The highest BCUT2D eigenvalue weighted by Gasteiger charge is 2.19. The highest BCUT2D eigenvalue weighted by molar-refractivity contribution is 5.22. The molecule has 0 radical (unpaired) electrons. The van der Waals surface area contributed by atoms with Gasteiger partial charge in [-0.25, -0.2) is 0 Å². The minimum absolute atomic E-state index is 0.710. The van der Waals surface area contributed by atoms with E-state index in [1.807, 2.05) is 7.05 Å². The molecular weight excluding hydrogens is 236 g/mol. The number of nitrogens with zero attached hydrogens (tertiary/aromatic N) is 1. The number of ether oxygens (including phenoxy) is 1. The molecule has 3 heteroatoms. The van der Waals surface area contributed by atoms with Gasteiger partial charge in [-0.3, -0.25) is 4.90 Å². The molecule has 0 aliphatic carbocycles. The van der Waals surface area contributed by atoms with Crippen LogP contribution in [-0.2, 0) is 17.8 Å². The molecule has 1 N–H and O–H groups in total. The Bertz CT molecular complexity index is 362. The molecule has 1 aliphatic rings. The van der Waals surface area contributed by atoms with E-state index in [0.717, 1.165) is 19.7 Å². The molecule has 0 amide bonds. The molecule has 1 atom stereocenters. The van der Waals surface area contributed by atoms with Crippen LogP contribution in [0, 0.1) is 5.92 Å². The summed E-state index contributed by atoms with van der Waals surface area (Å²) in [6.07, 6.45) is 2.61. The summed E-state index contributed by atoms with van der Waals surface area (Å²) >= 11 is 0. The van der Waals surface area contributed by atoms with Crippen LogP contribution in [0.25, 0.3) is 0 Å². The van der Waals surface area contributed by atoms with Crippen molar-refractivity contribution in [2.24, 2.45) is 5.92 Å². The minimum atomic E-state index is 0.710. The molecule has 1 heterocycles. The zero-order chi connectivity index (χ0) is 13.5. The maximum absolute atomic E-state index is 5.29. The van der Waals surface area contributed by atoms with Gasteiger partial charge in [-0.15, -0.1) is 0 Å². The van der Waals surface area contributed by atoms with Crippen molar-refractivity contribution in [3.63, 3.8) is 0 Å². The highest BCUT2D eigenvalue weighted by atomic mass is 16.5. The molecule has 19 heavy (non-hydrogen) atoms. The monoisotopic (exact) mass is 262 g/mol. The lowest BCUT2D eigenvalue weighted by Crippen LogP contribution is -2.36. The second-order valence-corrected chi connectivity index (χ2v) is 5.55. The Morgan fingerprint density at radius 2 is 2.00 bits per heavy atom. The number of piperidine rings is 1. The van der Waals surface area contributed by atoms with E-state index >= 15 is 0 Å². The Labute approximate surface area is 116 Å². The molecule has 0 saturated carbocycles. The first-order valence-corrected chi connectivity index (χ1v) is 7.25. The number of hydrogen-bond acceptors (Lipinski definition) is 3. The molecule has 1 saturated heterocycles. The van der Waals surface area contributed by atoms with Crippen molar-refractivity contribution in [1.82, 2.24) is 10.2 Å². The lowest BCUT2D eigenvalue weighted by molar-refractivity contribution is 0.0874. The Morgan fingerprint density at radius 3 is 2.68 bits per heavy atom. The van der Waals surface area contributed by atoms with Gasteiger partial charge in [0.25, 0.3) is 0 Å². The third-order valence-corrected chi connectivity index (χ3v) is 3.82. The van der Waals surface area contributed by atoms with Gasteiger partial charge in [0.1, 0.15) is 0 Å². The van der Waals surface area contributed by atoms with E-state index < -0.39 is 0 Å². The maximum atomic E-state index is 5.29. The molecule has 0 aromatic heterocycles. The third kappa shape index (κ3) is 4.60. The van der Waals surface area contributed by atoms with Crippen LogP contribution in [0.3, 0.4) is 0 Å². The van der Waals surface area contributed by atoms with Gasteiger partial charge in [0.2, 0.25) is 0 Å². The normalized spacial score (nSPS) is 20.6. The molecule has 2 rings (SSSR count). The first-order chi connectivity index (χ1) is 9.31. The van der Waals surface area contributed by atoms with Crippen LogP contribution in [0.15, 0.2) is 24.3 Å². The number of likely N-dealkylation sites (tertiary alicyclic amines) is 1. The zero-order valence-corrected chi connectivity index (χ0v) is 12.2. The Hall–Kier alpha value is -0.900. The second kappa shape index (κ2) is 7.63. The number of benzene rings is 1. The molecule has 1 aliphatic heterocycles. The van der Waals surface area contributed by atoms with E-state index in [1.165, 1.54) is 37.1 Å². The number of hydrogen-bond donors (Lipinski definition) is 1. The summed E-state index contributed by atoms with van der Waals surface area (Å²) in [5.41, 5.74) is 2.76. The summed E-state index contributed by atoms with van der Waals surface area (Å²) in [4.78, 5) is 2.56. The fourth-order valence-corrected chi connectivity index (χ4v) is 2.89. The van der Waals surface area contributed by atoms with Crippen molar-refractivity contribution < 1.29 is 4.74 Å². The van der Waals surface area contributed by atoms with Crippen molar-refractivity contribution in [2.75, 3.05) is 33.9 Å². The predicted molar refractivity (Wildman–Crippen MR) is 79.1 cm³/mol. The molecule has 1 aromatic rings. The van der Waals surface area contributed by atoms with Gasteiger partial charge in [-0.05, 0) is 43.5 Å². The second-order valence-electron chi connectivity index (χ2n) is 5.55. The summed E-state index contributed by atoms with van der Waals surface area (Å²) in [6, 6.07) is 8.96. The number of methoxy groups -OCH3 is 1. The van der Waals surface area contributed by atoms with E-state index in [0.29, 0.717) is 5.92 Å². The van der Waals surface area contributed by atoms with Crippen LogP contribution in [0.1, 0.15) is 24.0 Å². The van der Waals surface area contributed by atoms with Crippen LogP contribution in [-0.4, -0.2) is 38.8 Å². The summed E-state index contributed by atoms with van der Waals surface area (Å²) < 4.78 is 5.29. The van der Waals surface area contributed by atoms with Crippen LogP contribution in [0.4, 0.5) is 0 Å². The topological polar surface area (TPSA) is 24.5 Å². The average molecular weight is 262 g/mol. The quantitative estimate of drug-likeness (QED) is 0.851. The van der Waals surface area contributed by atoms with Crippen LogP contribution in [0.5, 0.6) is 0 Å². The third-order valence-electron chi connectivity index (χ3n) is 3.82. The molecule has 0 bridgehead atoms. The molecule has 1 unspecified atom stereocenters. The predicted octanol–water partition coefficient (Wildman–Crippen LogP) is 2.26. The van der Waals surface area contributed by atoms with Crippen molar-refractivity contribution in [3.05, 3.63) is 35.4 Å². The van der Waals surface area contributed by atoms with Crippen molar-refractivity contribution in [2.45, 2.75) is 25.9 Å². The van der Waals surface area contributed by atoms with Crippen molar-refractivity contribution in [1.29, 1.82) is 0 Å². The standard InChI is InChI=1S/C16H26N2O/c1-17-10-14-5-7-15(8-6-14)11-18-9-3-4-16(12-18)13-19-2/h5-8,16-17H,3-4,9-13H2,1-2H3. The van der Waals surface area contributed by atoms with E-state index in [9.17, 15) is 0 Å². The lowest BCUT2D eigenvalue weighted by atomic mass is 9.98. The van der Waals surface area contributed by atoms with Gasteiger partial charge in [0, 0.05) is 26.7 Å². The number of nitrogens with one attached hydrogen (secondary N) is 1. The fraction of sp³-hybridized carbons (Fsp3) is 0.625. The van der Waals surface area contributed by atoms with E-state index in [-0.39, 0.29) is 0 Å². The first-order valence-electron chi connectivity index (χ1n) is 7.25. The average Bonchev–Trinajstić information content (AvgIpc) is 2.42. The minimum Gasteiger partial charge on any atom is -0.384 e. The van der Waals surface area contributed by atoms with Crippen LogP contribution < -0.4 is 5.32 Å². The first kappa shape index (κ1) is 14.5. The summed E-state index contributed by atoms with van der Waals surface area (Å²) in [7, 11) is 3.79. The lowest BCUT2D eigenvalue weighted by Gasteiger charge is -2.32. The highest BCUT2D eigenvalue weighted by Crippen LogP contribution is 2.19. The zero-order valence-electron chi connectivity index (χ0n) is 12.2. The van der Waals surface area contributed by atoms with Gasteiger partial charge in [0.05, 0.1) is 6.61 Å². The van der Waals surface area contributed by atoms with Crippen LogP contribution >= 0.6 is 0 Å². The summed E-state index contributed by atoms with van der Waals surface area (Å²) in [5, 5.41) is 3.18. The van der Waals surface area contributed by atoms with Crippen molar-refractivity contribution >= 4 is 0 Å². The number of rotatable bonds is 6. The molecule has 0 spiro atoms. The van der Waals surface area contributed by atoms with Gasteiger partial charge < -0.3 is 10.1 Å². The maximum Gasteiger partial charge on any atom is 0.0502 e.